The summed E-state index contributed by atoms with van der Waals surface area (Å²) in [7, 11) is 0. The molecule has 0 aromatic heterocycles. The van der Waals surface area contributed by atoms with Gasteiger partial charge in [0.15, 0.2) is 0 Å². The van der Waals surface area contributed by atoms with Crippen molar-refractivity contribution in [3.05, 3.63) is 63.6 Å². The molecule has 0 atom stereocenters. The van der Waals surface area contributed by atoms with Gasteiger partial charge >= 0.3 is 6.09 Å². The van der Waals surface area contributed by atoms with Crippen LogP contribution in [-0.2, 0) is 16.1 Å². The number of ether oxygens (including phenoxy) is 1. The second-order valence-electron chi connectivity index (χ2n) is 7.37. The first kappa shape index (κ1) is 23.5. The van der Waals surface area contributed by atoms with E-state index in [0.717, 1.165) is 0 Å². The number of benzene rings is 2. The SMILES string of the molecule is CC(C)(C)OC(=O)NCC(=O)NCc1ccccc1NC(=O)c1cc(Cl)ccc1Cl. The Labute approximate surface area is 185 Å². The van der Waals surface area contributed by atoms with Gasteiger partial charge in [0.05, 0.1) is 10.6 Å². The number of rotatable bonds is 6. The molecule has 0 saturated heterocycles. The fourth-order valence-electron chi connectivity index (χ4n) is 2.38. The van der Waals surface area contributed by atoms with Crippen molar-refractivity contribution in [1.29, 1.82) is 0 Å². The van der Waals surface area contributed by atoms with Gasteiger partial charge in [-0.1, -0.05) is 41.4 Å². The summed E-state index contributed by atoms with van der Waals surface area (Å²) in [6.45, 7) is 5.10. The van der Waals surface area contributed by atoms with Crippen molar-refractivity contribution in [2.75, 3.05) is 11.9 Å². The molecule has 0 radical (unpaired) electrons. The average Bonchev–Trinajstić information content (AvgIpc) is 2.66. The number of hydrogen-bond donors (Lipinski definition) is 3. The Kier molecular flexibility index (Phi) is 8.08. The fourth-order valence-corrected chi connectivity index (χ4v) is 2.76. The van der Waals surface area contributed by atoms with E-state index in [0.29, 0.717) is 16.3 Å². The molecule has 2 rings (SSSR count). The van der Waals surface area contributed by atoms with Gasteiger partial charge in [-0.25, -0.2) is 4.79 Å². The molecule has 7 nitrogen and oxygen atoms in total. The smallest absolute Gasteiger partial charge is 0.408 e. The molecule has 0 bridgehead atoms. The van der Waals surface area contributed by atoms with Crippen molar-refractivity contribution >= 4 is 46.8 Å². The Balaban J connectivity index is 1.95. The first-order valence-electron chi connectivity index (χ1n) is 9.13. The summed E-state index contributed by atoms with van der Waals surface area (Å²) in [5.41, 5.74) is 0.780. The zero-order valence-electron chi connectivity index (χ0n) is 16.8. The minimum Gasteiger partial charge on any atom is -0.444 e. The summed E-state index contributed by atoms with van der Waals surface area (Å²) in [5.74, 6) is -0.826. The Hall–Kier alpha value is -2.77. The summed E-state index contributed by atoms with van der Waals surface area (Å²) >= 11 is 12.0. The second kappa shape index (κ2) is 10.3. The van der Waals surface area contributed by atoms with Crippen LogP contribution in [0.4, 0.5) is 10.5 Å². The zero-order chi connectivity index (χ0) is 22.3. The van der Waals surface area contributed by atoms with E-state index < -0.39 is 23.5 Å². The zero-order valence-corrected chi connectivity index (χ0v) is 18.4. The van der Waals surface area contributed by atoms with Crippen LogP contribution in [0.2, 0.25) is 10.0 Å². The number of nitrogens with one attached hydrogen (secondary N) is 3. The summed E-state index contributed by atoms with van der Waals surface area (Å²) in [5, 5.41) is 8.51. The highest BCUT2D eigenvalue weighted by molar-refractivity contribution is 6.36. The van der Waals surface area contributed by atoms with Crippen LogP contribution >= 0.6 is 23.2 Å². The van der Waals surface area contributed by atoms with Gasteiger partial charge in [0.25, 0.3) is 5.91 Å². The molecular formula is C21H23Cl2N3O4. The van der Waals surface area contributed by atoms with Gasteiger partial charge in [0.1, 0.15) is 12.1 Å². The van der Waals surface area contributed by atoms with Gasteiger partial charge in [0, 0.05) is 17.3 Å². The summed E-state index contributed by atoms with van der Waals surface area (Å²) < 4.78 is 5.08. The molecule has 0 fully saturated rings. The normalized spacial score (nSPS) is 10.8. The van der Waals surface area contributed by atoms with Crippen molar-refractivity contribution in [2.24, 2.45) is 0 Å². The average molecular weight is 452 g/mol. The van der Waals surface area contributed by atoms with Crippen LogP contribution in [0.5, 0.6) is 0 Å². The molecule has 0 saturated carbocycles. The van der Waals surface area contributed by atoms with Crippen molar-refractivity contribution in [3.8, 4) is 0 Å². The Morgan fingerprint density at radius 1 is 1.00 bits per heavy atom. The van der Waals surface area contributed by atoms with Gasteiger partial charge in [-0.05, 0) is 50.6 Å². The lowest BCUT2D eigenvalue weighted by Crippen LogP contribution is -2.39. The van der Waals surface area contributed by atoms with Gasteiger partial charge in [-0.3, -0.25) is 9.59 Å². The predicted molar refractivity (Wildman–Crippen MR) is 117 cm³/mol. The van der Waals surface area contributed by atoms with E-state index in [1.807, 2.05) is 0 Å². The molecule has 0 aliphatic heterocycles. The molecule has 0 spiro atoms. The number of carbonyl (C=O) groups is 3. The van der Waals surface area contributed by atoms with E-state index in [2.05, 4.69) is 16.0 Å². The van der Waals surface area contributed by atoms with Gasteiger partial charge in [-0.2, -0.15) is 0 Å². The molecule has 30 heavy (non-hydrogen) atoms. The molecule has 0 heterocycles. The van der Waals surface area contributed by atoms with Crippen LogP contribution < -0.4 is 16.0 Å². The third-order valence-corrected chi connectivity index (χ3v) is 4.27. The lowest BCUT2D eigenvalue weighted by Gasteiger charge is -2.19. The van der Waals surface area contributed by atoms with Gasteiger partial charge in [0.2, 0.25) is 5.91 Å². The summed E-state index contributed by atoms with van der Waals surface area (Å²) in [6.07, 6.45) is -0.677. The molecule has 2 aromatic rings. The highest BCUT2D eigenvalue weighted by Crippen LogP contribution is 2.23. The minimum absolute atomic E-state index is 0.147. The van der Waals surface area contributed by atoms with Crippen LogP contribution in [0, 0.1) is 0 Å². The Bertz CT molecular complexity index is 942. The van der Waals surface area contributed by atoms with Crippen molar-refractivity contribution in [3.63, 3.8) is 0 Å². The first-order valence-corrected chi connectivity index (χ1v) is 9.88. The molecule has 0 aliphatic carbocycles. The summed E-state index contributed by atoms with van der Waals surface area (Å²) in [4.78, 5) is 36.2. The maximum absolute atomic E-state index is 12.6. The van der Waals surface area contributed by atoms with Crippen LogP contribution in [-0.4, -0.2) is 30.1 Å². The third-order valence-electron chi connectivity index (χ3n) is 3.71. The highest BCUT2D eigenvalue weighted by atomic mass is 35.5. The summed E-state index contributed by atoms with van der Waals surface area (Å²) in [6, 6.07) is 11.6. The number of amides is 3. The fraction of sp³-hybridized carbons (Fsp3) is 0.286. The van der Waals surface area contributed by atoms with E-state index in [-0.39, 0.29) is 23.7 Å². The molecule has 160 valence electrons. The van der Waals surface area contributed by atoms with Crippen molar-refractivity contribution in [1.82, 2.24) is 10.6 Å². The number of hydrogen-bond acceptors (Lipinski definition) is 4. The predicted octanol–water partition coefficient (Wildman–Crippen LogP) is 4.39. The van der Waals surface area contributed by atoms with Crippen LogP contribution in [0.15, 0.2) is 42.5 Å². The van der Waals surface area contributed by atoms with E-state index >= 15 is 0 Å². The second-order valence-corrected chi connectivity index (χ2v) is 8.21. The highest BCUT2D eigenvalue weighted by Gasteiger charge is 2.17. The van der Waals surface area contributed by atoms with E-state index in [4.69, 9.17) is 27.9 Å². The topological polar surface area (TPSA) is 96.5 Å². The molecule has 9 heteroatoms. The van der Waals surface area contributed by atoms with E-state index in [1.165, 1.54) is 6.07 Å². The van der Waals surface area contributed by atoms with Crippen LogP contribution in [0.3, 0.4) is 0 Å². The van der Waals surface area contributed by atoms with Crippen molar-refractivity contribution < 1.29 is 19.1 Å². The molecule has 3 N–H and O–H groups in total. The lowest BCUT2D eigenvalue weighted by atomic mass is 10.1. The Morgan fingerprint density at radius 3 is 2.40 bits per heavy atom. The maximum atomic E-state index is 12.6. The quantitative estimate of drug-likeness (QED) is 0.606. The molecule has 0 aliphatic rings. The largest absolute Gasteiger partial charge is 0.444 e. The number of alkyl carbamates (subject to hydrolysis) is 1. The van der Waals surface area contributed by atoms with Crippen LogP contribution in [0.1, 0.15) is 36.7 Å². The maximum Gasteiger partial charge on any atom is 0.408 e. The molecule has 2 aromatic carbocycles. The van der Waals surface area contributed by atoms with Crippen molar-refractivity contribution in [2.45, 2.75) is 32.9 Å². The third kappa shape index (κ3) is 7.57. The standard InChI is InChI=1S/C21H23Cl2N3O4/c1-21(2,3)30-20(29)25-12-18(27)24-11-13-6-4-5-7-17(13)26-19(28)15-10-14(22)8-9-16(15)23/h4-10H,11-12H2,1-3H3,(H,24,27)(H,25,29)(H,26,28). The van der Waals surface area contributed by atoms with Crippen LogP contribution in [0.25, 0.3) is 0 Å². The first-order chi connectivity index (χ1) is 14.0. The van der Waals surface area contributed by atoms with Gasteiger partial charge < -0.3 is 20.7 Å². The van der Waals surface area contributed by atoms with Gasteiger partial charge in [-0.15, -0.1) is 0 Å². The van der Waals surface area contributed by atoms with E-state index in [9.17, 15) is 14.4 Å². The number of anilines is 1. The number of para-hydroxylation sites is 1. The minimum atomic E-state index is -0.677. The van der Waals surface area contributed by atoms with E-state index in [1.54, 1.807) is 57.2 Å². The number of carbonyl (C=O) groups excluding carboxylic acids is 3. The number of halogens is 2. The molecule has 3 amide bonds. The molecule has 0 unspecified atom stereocenters. The lowest BCUT2D eigenvalue weighted by molar-refractivity contribution is -0.120. The Morgan fingerprint density at radius 2 is 1.70 bits per heavy atom. The monoisotopic (exact) mass is 451 g/mol. The molecular weight excluding hydrogens is 429 g/mol.